The SMILES string of the molecule is COCCOc1cc(Oc2ccc(C(F)(F)F)cn2)ccc1CCCOc1cc(CCC(=O)O)n(C)n1. The minimum Gasteiger partial charge on any atom is -0.491 e. The van der Waals surface area contributed by atoms with E-state index in [0.717, 1.165) is 29.6 Å². The minimum atomic E-state index is -4.47. The van der Waals surface area contributed by atoms with Gasteiger partial charge in [-0.25, -0.2) is 4.98 Å². The highest BCUT2D eigenvalue weighted by Gasteiger charge is 2.30. The number of alkyl halides is 3. The van der Waals surface area contributed by atoms with E-state index in [2.05, 4.69) is 10.1 Å². The van der Waals surface area contributed by atoms with Crippen molar-refractivity contribution in [3.63, 3.8) is 0 Å². The number of methoxy groups -OCH3 is 1. The summed E-state index contributed by atoms with van der Waals surface area (Å²) in [6.45, 7) is 1.05. The van der Waals surface area contributed by atoms with Crippen LogP contribution in [0.3, 0.4) is 0 Å². The first-order valence-corrected chi connectivity index (χ1v) is 11.5. The van der Waals surface area contributed by atoms with Gasteiger partial charge in [0, 0.05) is 44.2 Å². The third kappa shape index (κ3) is 8.67. The smallest absolute Gasteiger partial charge is 0.417 e. The molecule has 0 unspecified atom stereocenters. The van der Waals surface area contributed by atoms with E-state index in [4.69, 9.17) is 24.1 Å². The van der Waals surface area contributed by atoms with Crippen molar-refractivity contribution in [3.8, 4) is 23.3 Å². The van der Waals surface area contributed by atoms with E-state index in [1.165, 1.54) is 0 Å². The zero-order valence-electron chi connectivity index (χ0n) is 20.5. The number of pyridine rings is 1. The number of carboxylic acid groups (broad SMARTS) is 1. The Labute approximate surface area is 211 Å². The highest BCUT2D eigenvalue weighted by atomic mass is 19.4. The fourth-order valence-corrected chi connectivity index (χ4v) is 3.36. The van der Waals surface area contributed by atoms with Gasteiger partial charge in [-0.05, 0) is 37.0 Å². The van der Waals surface area contributed by atoms with Crippen molar-refractivity contribution < 1.29 is 42.0 Å². The fourth-order valence-electron chi connectivity index (χ4n) is 3.36. The largest absolute Gasteiger partial charge is 0.491 e. The number of aromatic nitrogens is 3. The maximum atomic E-state index is 12.8. The lowest BCUT2D eigenvalue weighted by atomic mass is 10.1. The van der Waals surface area contributed by atoms with Gasteiger partial charge < -0.3 is 24.1 Å². The second kappa shape index (κ2) is 12.9. The van der Waals surface area contributed by atoms with Gasteiger partial charge in [0.15, 0.2) is 0 Å². The van der Waals surface area contributed by atoms with Crippen LogP contribution in [0.25, 0.3) is 0 Å². The van der Waals surface area contributed by atoms with Gasteiger partial charge in [0.2, 0.25) is 11.8 Å². The third-order valence-corrected chi connectivity index (χ3v) is 5.26. The first-order valence-electron chi connectivity index (χ1n) is 11.5. The molecule has 2 heterocycles. The molecule has 37 heavy (non-hydrogen) atoms. The van der Waals surface area contributed by atoms with Gasteiger partial charge in [0.25, 0.3) is 0 Å². The van der Waals surface area contributed by atoms with Crippen LogP contribution < -0.4 is 14.2 Å². The monoisotopic (exact) mass is 523 g/mol. The molecule has 0 fully saturated rings. The molecule has 200 valence electrons. The number of aliphatic carboxylic acids is 1. The topological polar surface area (TPSA) is 105 Å². The molecule has 0 radical (unpaired) electrons. The Morgan fingerprint density at radius 1 is 1.03 bits per heavy atom. The molecule has 0 amide bonds. The first-order chi connectivity index (χ1) is 17.7. The Kier molecular flexibility index (Phi) is 9.72. The molecule has 3 rings (SSSR count). The van der Waals surface area contributed by atoms with Crippen LogP contribution in [0.15, 0.2) is 42.6 Å². The van der Waals surface area contributed by atoms with E-state index in [1.807, 2.05) is 6.07 Å². The zero-order valence-corrected chi connectivity index (χ0v) is 20.5. The van der Waals surface area contributed by atoms with Crippen molar-refractivity contribution in [1.82, 2.24) is 14.8 Å². The van der Waals surface area contributed by atoms with Crippen LogP contribution >= 0.6 is 0 Å². The molecule has 1 N–H and O–H groups in total. The molecule has 2 aromatic heterocycles. The molecular weight excluding hydrogens is 495 g/mol. The average Bonchev–Trinajstić information content (AvgIpc) is 3.20. The highest BCUT2D eigenvalue weighted by molar-refractivity contribution is 5.67. The number of hydrogen-bond acceptors (Lipinski definition) is 7. The molecule has 0 aliphatic heterocycles. The van der Waals surface area contributed by atoms with Crippen LogP contribution in [0.2, 0.25) is 0 Å². The van der Waals surface area contributed by atoms with Crippen molar-refractivity contribution in [2.24, 2.45) is 7.05 Å². The Balaban J connectivity index is 1.60. The number of ether oxygens (including phenoxy) is 4. The minimum absolute atomic E-state index is 0.0134. The second-order valence-electron chi connectivity index (χ2n) is 8.04. The van der Waals surface area contributed by atoms with Crippen LogP contribution in [0, 0.1) is 0 Å². The van der Waals surface area contributed by atoms with Crippen LogP contribution in [0.1, 0.15) is 29.7 Å². The number of halogens is 3. The maximum absolute atomic E-state index is 12.8. The number of carbonyl (C=O) groups is 1. The predicted molar refractivity (Wildman–Crippen MR) is 126 cm³/mol. The number of hydrogen-bond donors (Lipinski definition) is 1. The summed E-state index contributed by atoms with van der Waals surface area (Å²) in [5.41, 5.74) is 0.795. The van der Waals surface area contributed by atoms with Gasteiger partial charge in [-0.2, -0.15) is 13.2 Å². The lowest BCUT2D eigenvalue weighted by Gasteiger charge is -2.14. The summed E-state index contributed by atoms with van der Waals surface area (Å²) in [4.78, 5) is 14.5. The second-order valence-corrected chi connectivity index (χ2v) is 8.04. The zero-order chi connectivity index (χ0) is 26.8. The fraction of sp³-hybridized carbons (Fsp3) is 0.400. The molecule has 0 atom stereocenters. The Morgan fingerprint density at radius 2 is 1.84 bits per heavy atom. The Hall–Kier alpha value is -3.80. The van der Waals surface area contributed by atoms with Gasteiger partial charge in [-0.15, -0.1) is 5.10 Å². The van der Waals surface area contributed by atoms with E-state index < -0.39 is 17.7 Å². The summed E-state index contributed by atoms with van der Waals surface area (Å²) in [5, 5.41) is 13.1. The number of rotatable bonds is 14. The lowest BCUT2D eigenvalue weighted by Crippen LogP contribution is -2.07. The number of benzene rings is 1. The molecule has 1 aromatic carbocycles. The Morgan fingerprint density at radius 3 is 2.51 bits per heavy atom. The maximum Gasteiger partial charge on any atom is 0.417 e. The molecule has 0 saturated carbocycles. The van der Waals surface area contributed by atoms with Gasteiger partial charge in [0.1, 0.15) is 18.1 Å². The van der Waals surface area contributed by atoms with Crippen molar-refractivity contribution in [3.05, 3.63) is 59.4 Å². The Bertz CT molecular complexity index is 1170. The molecule has 0 aliphatic carbocycles. The number of carboxylic acids is 1. The van der Waals surface area contributed by atoms with Crippen molar-refractivity contribution >= 4 is 5.97 Å². The summed E-state index contributed by atoms with van der Waals surface area (Å²) in [6.07, 6.45) is -2.13. The summed E-state index contributed by atoms with van der Waals surface area (Å²) >= 11 is 0. The number of nitrogens with zero attached hydrogens (tertiary/aromatic N) is 3. The van der Waals surface area contributed by atoms with Gasteiger partial charge in [-0.3, -0.25) is 9.48 Å². The van der Waals surface area contributed by atoms with Crippen LogP contribution in [-0.2, 0) is 35.6 Å². The van der Waals surface area contributed by atoms with E-state index in [9.17, 15) is 18.0 Å². The standard InChI is InChI=1S/C25H28F3N3O6/c1-31-19(7-10-24(32)33)14-23(30-31)36-11-3-4-17-5-8-20(15-21(17)35-13-12-34-2)37-22-9-6-18(16-29-22)25(26,27)28/h5-6,8-9,14-16H,3-4,7,10-13H2,1-2H3,(H,32,33). The van der Waals surface area contributed by atoms with Crippen LogP contribution in [0.4, 0.5) is 13.2 Å². The van der Waals surface area contributed by atoms with Gasteiger partial charge >= 0.3 is 12.1 Å². The van der Waals surface area contributed by atoms with Crippen molar-refractivity contribution in [2.45, 2.75) is 31.9 Å². The summed E-state index contributed by atoms with van der Waals surface area (Å²) in [5.74, 6) is 0.485. The molecular formula is C25H28F3N3O6. The van der Waals surface area contributed by atoms with Crippen LogP contribution in [0.5, 0.6) is 23.3 Å². The third-order valence-electron chi connectivity index (χ3n) is 5.26. The van der Waals surface area contributed by atoms with E-state index in [0.29, 0.717) is 56.5 Å². The van der Waals surface area contributed by atoms with Crippen molar-refractivity contribution in [1.29, 1.82) is 0 Å². The van der Waals surface area contributed by atoms with Crippen LogP contribution in [-0.4, -0.2) is 52.8 Å². The highest BCUT2D eigenvalue weighted by Crippen LogP contribution is 2.32. The molecule has 0 bridgehead atoms. The number of aryl methyl sites for hydroxylation is 3. The van der Waals surface area contributed by atoms with Crippen molar-refractivity contribution in [2.75, 3.05) is 26.9 Å². The average molecular weight is 524 g/mol. The molecule has 0 saturated heterocycles. The molecule has 12 heteroatoms. The van der Waals surface area contributed by atoms with E-state index in [1.54, 1.807) is 37.0 Å². The quantitative estimate of drug-likeness (QED) is 0.304. The lowest BCUT2D eigenvalue weighted by molar-refractivity contribution is -0.138. The molecule has 0 aliphatic rings. The predicted octanol–water partition coefficient (Wildman–Crippen LogP) is 4.68. The molecule has 0 spiro atoms. The first kappa shape index (κ1) is 27.8. The van der Waals surface area contributed by atoms with E-state index in [-0.39, 0.29) is 12.3 Å². The van der Waals surface area contributed by atoms with E-state index >= 15 is 0 Å². The summed E-state index contributed by atoms with van der Waals surface area (Å²) < 4.78 is 62.1. The molecule has 3 aromatic rings. The van der Waals surface area contributed by atoms with Gasteiger partial charge in [-0.1, -0.05) is 6.07 Å². The summed E-state index contributed by atoms with van der Waals surface area (Å²) in [7, 11) is 3.29. The van der Waals surface area contributed by atoms with Gasteiger partial charge in [0.05, 0.1) is 25.2 Å². The normalized spacial score (nSPS) is 11.4. The molecule has 9 nitrogen and oxygen atoms in total. The summed E-state index contributed by atoms with van der Waals surface area (Å²) in [6, 6.07) is 8.94.